The maximum atomic E-state index is 10.6. The minimum Gasteiger partial charge on any atom is -0.490 e. The van der Waals surface area contributed by atoms with Crippen molar-refractivity contribution in [2.45, 2.75) is 6.92 Å². The molecule has 0 aliphatic rings. The zero-order valence-electron chi connectivity index (χ0n) is 7.77. The van der Waals surface area contributed by atoms with Crippen LogP contribution in [-0.4, -0.2) is 17.2 Å². The van der Waals surface area contributed by atoms with Gasteiger partial charge in [0.1, 0.15) is 0 Å². The van der Waals surface area contributed by atoms with Crippen molar-refractivity contribution in [3.63, 3.8) is 0 Å². The third-order valence-electron chi connectivity index (χ3n) is 1.84. The highest BCUT2D eigenvalue weighted by Gasteiger charge is 2.16. The fourth-order valence-electron chi connectivity index (χ4n) is 1.10. The van der Waals surface area contributed by atoms with Crippen LogP contribution in [0, 0.1) is 17.0 Å². The highest BCUT2D eigenvalue weighted by Crippen LogP contribution is 2.32. The Labute approximate surface area is 80.2 Å². The average molecular weight is 198 g/mol. The lowest BCUT2D eigenvalue weighted by Crippen LogP contribution is -1.98. The molecular formula is C8H10N2O4. The van der Waals surface area contributed by atoms with Gasteiger partial charge in [-0.05, 0) is 12.5 Å². The van der Waals surface area contributed by atoms with E-state index in [4.69, 9.17) is 9.94 Å². The Balaban J connectivity index is 3.31. The molecule has 0 amide bonds. The molecule has 0 spiro atoms. The van der Waals surface area contributed by atoms with Gasteiger partial charge < -0.3 is 4.74 Å². The predicted octanol–water partition coefficient (Wildman–Crippen LogP) is 1.71. The second kappa shape index (κ2) is 3.93. The molecule has 14 heavy (non-hydrogen) atoms. The van der Waals surface area contributed by atoms with Gasteiger partial charge in [-0.15, -0.1) is 0 Å². The molecule has 0 radical (unpaired) electrons. The quantitative estimate of drug-likeness (QED) is 0.570. The van der Waals surface area contributed by atoms with Gasteiger partial charge in [0, 0.05) is 12.1 Å². The second-order valence-electron chi connectivity index (χ2n) is 2.71. The van der Waals surface area contributed by atoms with E-state index >= 15 is 0 Å². The van der Waals surface area contributed by atoms with Gasteiger partial charge in [0.05, 0.1) is 17.7 Å². The zero-order valence-corrected chi connectivity index (χ0v) is 7.77. The molecule has 1 aromatic rings. The summed E-state index contributed by atoms with van der Waals surface area (Å²) in [6, 6.07) is 2.70. The van der Waals surface area contributed by atoms with Crippen LogP contribution in [-0.2, 0) is 0 Å². The van der Waals surface area contributed by atoms with E-state index in [0.717, 1.165) is 0 Å². The highest BCUT2D eigenvalue weighted by atomic mass is 16.6. The zero-order chi connectivity index (χ0) is 10.7. The first-order chi connectivity index (χ1) is 6.60. The van der Waals surface area contributed by atoms with Crippen LogP contribution in [0.5, 0.6) is 5.75 Å². The Morgan fingerprint density at radius 2 is 2.21 bits per heavy atom. The van der Waals surface area contributed by atoms with Crippen molar-refractivity contribution in [2.75, 3.05) is 12.6 Å². The molecule has 0 aromatic heterocycles. The molecule has 0 saturated heterocycles. The normalized spacial score (nSPS) is 9.64. The summed E-state index contributed by atoms with van der Waals surface area (Å²) in [4.78, 5) is 10.0. The van der Waals surface area contributed by atoms with Crippen LogP contribution in [0.25, 0.3) is 0 Å². The molecule has 1 rings (SSSR count). The molecule has 6 heteroatoms. The topological polar surface area (TPSA) is 84.6 Å². The molecule has 0 fully saturated rings. The van der Waals surface area contributed by atoms with E-state index in [1.807, 2.05) is 5.48 Å². The molecule has 1 aromatic carbocycles. The van der Waals surface area contributed by atoms with Crippen molar-refractivity contribution in [1.82, 2.24) is 0 Å². The summed E-state index contributed by atoms with van der Waals surface area (Å²) >= 11 is 0. The van der Waals surface area contributed by atoms with E-state index in [1.165, 1.54) is 19.2 Å². The van der Waals surface area contributed by atoms with Crippen molar-refractivity contribution < 1.29 is 14.9 Å². The van der Waals surface area contributed by atoms with Crippen LogP contribution >= 0.6 is 0 Å². The molecule has 76 valence electrons. The van der Waals surface area contributed by atoms with Crippen LogP contribution in [0.15, 0.2) is 12.1 Å². The monoisotopic (exact) mass is 198 g/mol. The first-order valence-corrected chi connectivity index (χ1v) is 3.83. The number of methoxy groups -OCH3 is 1. The SMILES string of the molecule is COc1cc(NO)c(C)cc1[N+](=O)[O-]. The highest BCUT2D eigenvalue weighted by molar-refractivity contribution is 5.61. The summed E-state index contributed by atoms with van der Waals surface area (Å²) in [5, 5.41) is 19.3. The molecular weight excluding hydrogens is 188 g/mol. The van der Waals surface area contributed by atoms with Crippen molar-refractivity contribution in [3.8, 4) is 5.75 Å². The number of ether oxygens (including phenoxy) is 1. The van der Waals surface area contributed by atoms with E-state index in [1.54, 1.807) is 6.92 Å². The van der Waals surface area contributed by atoms with E-state index < -0.39 is 4.92 Å². The van der Waals surface area contributed by atoms with Crippen LogP contribution in [0.3, 0.4) is 0 Å². The Morgan fingerprint density at radius 3 is 2.64 bits per heavy atom. The summed E-state index contributed by atoms with van der Waals surface area (Å²) < 4.78 is 4.81. The molecule has 2 N–H and O–H groups in total. The smallest absolute Gasteiger partial charge is 0.311 e. The molecule has 0 saturated carbocycles. The minimum atomic E-state index is -0.535. The van der Waals surface area contributed by atoms with Gasteiger partial charge in [0.15, 0.2) is 5.75 Å². The molecule has 0 bridgehead atoms. The van der Waals surface area contributed by atoms with Crippen molar-refractivity contribution in [3.05, 3.63) is 27.8 Å². The lowest BCUT2D eigenvalue weighted by Gasteiger charge is -2.07. The first-order valence-electron chi connectivity index (χ1n) is 3.83. The van der Waals surface area contributed by atoms with Crippen LogP contribution in [0.1, 0.15) is 5.56 Å². The maximum Gasteiger partial charge on any atom is 0.311 e. The number of nitrogens with one attached hydrogen (secondary N) is 1. The Kier molecular flexibility index (Phi) is 2.88. The van der Waals surface area contributed by atoms with Gasteiger partial charge in [0.2, 0.25) is 0 Å². The summed E-state index contributed by atoms with van der Waals surface area (Å²) in [5.41, 5.74) is 2.76. The van der Waals surface area contributed by atoms with Crippen molar-refractivity contribution >= 4 is 11.4 Å². The standard InChI is InChI=1S/C8H10N2O4/c1-5-3-7(10(12)13)8(14-2)4-6(5)9-11/h3-4,9,11H,1-2H3. The number of benzene rings is 1. The number of aryl methyl sites for hydroxylation is 1. The van der Waals surface area contributed by atoms with Gasteiger partial charge in [-0.2, -0.15) is 0 Å². The van der Waals surface area contributed by atoms with Crippen molar-refractivity contribution in [2.24, 2.45) is 0 Å². The van der Waals surface area contributed by atoms with E-state index in [9.17, 15) is 10.1 Å². The Morgan fingerprint density at radius 1 is 1.57 bits per heavy atom. The number of hydrogen-bond donors (Lipinski definition) is 2. The van der Waals surface area contributed by atoms with Crippen LogP contribution in [0.4, 0.5) is 11.4 Å². The van der Waals surface area contributed by atoms with Gasteiger partial charge in [-0.25, -0.2) is 0 Å². The molecule has 0 atom stereocenters. The van der Waals surface area contributed by atoms with Crippen molar-refractivity contribution in [1.29, 1.82) is 0 Å². The number of anilines is 1. The average Bonchev–Trinajstić information content (AvgIpc) is 2.17. The molecule has 0 heterocycles. The minimum absolute atomic E-state index is 0.108. The van der Waals surface area contributed by atoms with E-state index in [2.05, 4.69) is 0 Å². The lowest BCUT2D eigenvalue weighted by atomic mass is 10.1. The summed E-state index contributed by atoms with van der Waals surface area (Å²) in [7, 11) is 1.33. The largest absolute Gasteiger partial charge is 0.490 e. The predicted molar refractivity (Wildman–Crippen MR) is 49.8 cm³/mol. The molecule has 0 unspecified atom stereocenters. The van der Waals surface area contributed by atoms with E-state index in [0.29, 0.717) is 11.3 Å². The van der Waals surface area contributed by atoms with Gasteiger partial charge >= 0.3 is 5.69 Å². The van der Waals surface area contributed by atoms with Crippen LogP contribution in [0.2, 0.25) is 0 Å². The number of nitro benzene ring substituents is 1. The molecule has 0 aliphatic carbocycles. The maximum absolute atomic E-state index is 10.6. The van der Waals surface area contributed by atoms with Crippen LogP contribution < -0.4 is 10.2 Å². The number of nitrogens with zero attached hydrogens (tertiary/aromatic N) is 1. The fraction of sp³-hybridized carbons (Fsp3) is 0.250. The molecule has 0 aliphatic heterocycles. The number of nitro groups is 1. The van der Waals surface area contributed by atoms with E-state index in [-0.39, 0.29) is 11.4 Å². The summed E-state index contributed by atoms with van der Waals surface area (Å²) in [6.45, 7) is 1.64. The third-order valence-corrected chi connectivity index (χ3v) is 1.84. The second-order valence-corrected chi connectivity index (χ2v) is 2.71. The summed E-state index contributed by atoms with van der Waals surface area (Å²) in [5.74, 6) is 0.108. The third kappa shape index (κ3) is 1.74. The number of rotatable bonds is 3. The van der Waals surface area contributed by atoms with Gasteiger partial charge in [-0.3, -0.25) is 20.8 Å². The fourth-order valence-corrected chi connectivity index (χ4v) is 1.10. The first kappa shape index (κ1) is 10.3. The summed E-state index contributed by atoms with van der Waals surface area (Å²) in [6.07, 6.45) is 0. The lowest BCUT2D eigenvalue weighted by molar-refractivity contribution is -0.385. The number of hydrogen-bond acceptors (Lipinski definition) is 5. The van der Waals surface area contributed by atoms with Gasteiger partial charge in [0.25, 0.3) is 0 Å². The molecule has 6 nitrogen and oxygen atoms in total. The van der Waals surface area contributed by atoms with Gasteiger partial charge in [-0.1, -0.05) is 0 Å². The Bertz CT molecular complexity index is 365. The Hall–Kier alpha value is -1.82.